The standard InChI is InChI=1S/C19H19F4N/c1-18(2)10-9-12-5-8-15(24-16(12)11-18)17(20)13-3-6-14(7-4-13)19(21,22)23/h3-8,17H,9-11H2,1-2H3. The van der Waals surface area contributed by atoms with E-state index in [0.717, 1.165) is 42.7 Å². The zero-order chi connectivity index (χ0) is 17.5. The number of pyridine rings is 1. The molecule has 5 heteroatoms. The number of alkyl halides is 4. The Bertz CT molecular complexity index is 732. The smallest absolute Gasteiger partial charge is 0.254 e. The summed E-state index contributed by atoms with van der Waals surface area (Å²) in [6, 6.07) is 7.70. The van der Waals surface area contributed by atoms with Crippen LogP contribution in [0.15, 0.2) is 36.4 Å². The Morgan fingerprint density at radius 3 is 2.33 bits per heavy atom. The average Bonchev–Trinajstić information content (AvgIpc) is 2.52. The molecular weight excluding hydrogens is 318 g/mol. The summed E-state index contributed by atoms with van der Waals surface area (Å²) in [4.78, 5) is 4.46. The van der Waals surface area contributed by atoms with Gasteiger partial charge >= 0.3 is 6.18 Å². The fourth-order valence-corrected chi connectivity index (χ4v) is 3.10. The van der Waals surface area contributed by atoms with Gasteiger partial charge in [0.1, 0.15) is 0 Å². The molecule has 0 amide bonds. The lowest BCUT2D eigenvalue weighted by atomic mass is 9.76. The summed E-state index contributed by atoms with van der Waals surface area (Å²) in [6.45, 7) is 4.32. The van der Waals surface area contributed by atoms with Crippen LogP contribution in [0.5, 0.6) is 0 Å². The third-order valence-electron chi connectivity index (χ3n) is 4.60. The highest BCUT2D eigenvalue weighted by Crippen LogP contribution is 2.36. The van der Waals surface area contributed by atoms with E-state index in [4.69, 9.17) is 0 Å². The highest BCUT2D eigenvalue weighted by Gasteiger charge is 2.31. The molecule has 1 heterocycles. The van der Waals surface area contributed by atoms with Crippen molar-refractivity contribution in [2.45, 2.75) is 45.5 Å². The molecule has 1 nitrogen and oxygen atoms in total. The monoisotopic (exact) mass is 337 g/mol. The molecule has 1 aliphatic rings. The minimum Gasteiger partial charge on any atom is -0.254 e. The molecule has 0 fully saturated rings. The van der Waals surface area contributed by atoms with Crippen molar-refractivity contribution in [1.82, 2.24) is 4.98 Å². The Morgan fingerprint density at radius 2 is 1.71 bits per heavy atom. The number of halogens is 4. The molecule has 2 aromatic rings. The molecule has 0 saturated heterocycles. The van der Waals surface area contributed by atoms with Crippen molar-refractivity contribution in [3.05, 3.63) is 64.5 Å². The number of hydrogen-bond donors (Lipinski definition) is 0. The fourth-order valence-electron chi connectivity index (χ4n) is 3.10. The minimum absolute atomic E-state index is 0.138. The Labute approximate surface area is 138 Å². The second-order valence-electron chi connectivity index (χ2n) is 7.17. The van der Waals surface area contributed by atoms with E-state index in [1.54, 1.807) is 6.07 Å². The molecule has 128 valence electrons. The van der Waals surface area contributed by atoms with E-state index >= 15 is 0 Å². The summed E-state index contributed by atoms with van der Waals surface area (Å²) in [6.07, 6.45) is -3.16. The van der Waals surface area contributed by atoms with Gasteiger partial charge in [-0.25, -0.2) is 4.39 Å². The highest BCUT2D eigenvalue weighted by molar-refractivity contribution is 5.33. The van der Waals surface area contributed by atoms with Gasteiger partial charge in [-0.1, -0.05) is 32.0 Å². The lowest BCUT2D eigenvalue weighted by Gasteiger charge is -2.30. The molecule has 3 rings (SSSR count). The maximum Gasteiger partial charge on any atom is 0.416 e. The van der Waals surface area contributed by atoms with Crippen LogP contribution in [0.25, 0.3) is 0 Å². The SMILES string of the molecule is CC1(C)CCc2ccc(C(F)c3ccc(C(F)(F)F)cc3)nc2C1. The number of fused-ring (bicyclic) bond motifs is 1. The van der Waals surface area contributed by atoms with Crippen molar-refractivity contribution in [3.8, 4) is 0 Å². The lowest BCUT2D eigenvalue weighted by Crippen LogP contribution is -2.23. The van der Waals surface area contributed by atoms with E-state index < -0.39 is 17.9 Å². The molecule has 0 aliphatic heterocycles. The molecule has 1 aromatic heterocycles. The van der Waals surface area contributed by atoms with Crippen LogP contribution in [-0.2, 0) is 19.0 Å². The van der Waals surface area contributed by atoms with Gasteiger partial charge in [-0.2, -0.15) is 13.2 Å². The molecule has 0 N–H and O–H groups in total. The van der Waals surface area contributed by atoms with Gasteiger partial charge < -0.3 is 0 Å². The first-order valence-corrected chi connectivity index (χ1v) is 7.96. The van der Waals surface area contributed by atoms with E-state index in [-0.39, 0.29) is 16.7 Å². The largest absolute Gasteiger partial charge is 0.416 e. The van der Waals surface area contributed by atoms with Crippen LogP contribution in [0, 0.1) is 5.41 Å². The van der Waals surface area contributed by atoms with Gasteiger partial charge in [0.05, 0.1) is 11.3 Å². The normalized spacial score (nSPS) is 18.1. The number of aryl methyl sites for hydroxylation is 1. The van der Waals surface area contributed by atoms with E-state index in [9.17, 15) is 17.6 Å². The molecule has 24 heavy (non-hydrogen) atoms. The first-order valence-electron chi connectivity index (χ1n) is 7.96. The van der Waals surface area contributed by atoms with E-state index in [1.807, 2.05) is 6.07 Å². The molecule has 0 saturated carbocycles. The third kappa shape index (κ3) is 3.45. The Morgan fingerprint density at radius 1 is 1.04 bits per heavy atom. The quantitative estimate of drug-likeness (QED) is 0.643. The van der Waals surface area contributed by atoms with Crippen LogP contribution in [0.1, 0.15) is 54.5 Å². The third-order valence-corrected chi connectivity index (χ3v) is 4.60. The van der Waals surface area contributed by atoms with Crippen LogP contribution >= 0.6 is 0 Å². The number of aromatic nitrogens is 1. The number of benzene rings is 1. The van der Waals surface area contributed by atoms with Crippen molar-refractivity contribution in [2.75, 3.05) is 0 Å². The molecule has 0 spiro atoms. The van der Waals surface area contributed by atoms with Crippen LogP contribution in [0.4, 0.5) is 17.6 Å². The van der Waals surface area contributed by atoms with Crippen LogP contribution in [0.2, 0.25) is 0 Å². The summed E-state index contributed by atoms with van der Waals surface area (Å²) in [5.74, 6) is 0. The molecule has 1 aromatic carbocycles. The topological polar surface area (TPSA) is 12.9 Å². The van der Waals surface area contributed by atoms with E-state index in [0.29, 0.717) is 0 Å². The van der Waals surface area contributed by atoms with Crippen LogP contribution in [0.3, 0.4) is 0 Å². The predicted molar refractivity (Wildman–Crippen MR) is 84.4 cm³/mol. The number of nitrogens with zero attached hydrogens (tertiary/aromatic N) is 1. The van der Waals surface area contributed by atoms with Gasteiger partial charge in [0.15, 0.2) is 6.17 Å². The molecule has 1 atom stereocenters. The first kappa shape index (κ1) is 16.9. The fraction of sp³-hybridized carbons (Fsp3) is 0.421. The Kier molecular flexibility index (Phi) is 4.14. The maximum atomic E-state index is 14.7. The number of hydrogen-bond acceptors (Lipinski definition) is 1. The summed E-state index contributed by atoms with van der Waals surface area (Å²) < 4.78 is 52.5. The second kappa shape index (κ2) is 5.87. The summed E-state index contributed by atoms with van der Waals surface area (Å²) >= 11 is 0. The van der Waals surface area contributed by atoms with Crippen LogP contribution in [-0.4, -0.2) is 4.98 Å². The van der Waals surface area contributed by atoms with Gasteiger partial charge in [-0.15, -0.1) is 0 Å². The van der Waals surface area contributed by atoms with E-state index in [1.165, 1.54) is 12.1 Å². The predicted octanol–water partition coefficient (Wildman–Crippen LogP) is 5.67. The molecule has 0 bridgehead atoms. The van der Waals surface area contributed by atoms with Crippen molar-refractivity contribution < 1.29 is 17.6 Å². The zero-order valence-electron chi connectivity index (χ0n) is 13.6. The van der Waals surface area contributed by atoms with Crippen molar-refractivity contribution in [3.63, 3.8) is 0 Å². The summed E-state index contributed by atoms with van der Waals surface area (Å²) in [7, 11) is 0. The minimum atomic E-state index is -4.42. The van der Waals surface area contributed by atoms with Crippen molar-refractivity contribution >= 4 is 0 Å². The number of rotatable bonds is 2. The summed E-state index contributed by atoms with van der Waals surface area (Å²) in [5, 5.41) is 0. The Hall–Kier alpha value is -1.91. The average molecular weight is 337 g/mol. The first-order chi connectivity index (χ1) is 11.2. The van der Waals surface area contributed by atoms with Gasteiger partial charge in [-0.05, 0) is 54.0 Å². The van der Waals surface area contributed by atoms with E-state index in [2.05, 4.69) is 18.8 Å². The van der Waals surface area contributed by atoms with Gasteiger partial charge in [0.25, 0.3) is 0 Å². The van der Waals surface area contributed by atoms with Crippen molar-refractivity contribution in [1.29, 1.82) is 0 Å². The molecular formula is C19H19F4N. The van der Waals surface area contributed by atoms with Crippen LogP contribution < -0.4 is 0 Å². The van der Waals surface area contributed by atoms with Crippen molar-refractivity contribution in [2.24, 2.45) is 5.41 Å². The maximum absolute atomic E-state index is 14.7. The molecule has 1 unspecified atom stereocenters. The highest BCUT2D eigenvalue weighted by atomic mass is 19.4. The van der Waals surface area contributed by atoms with Gasteiger partial charge in [-0.3, -0.25) is 4.98 Å². The molecule has 0 radical (unpaired) electrons. The Balaban J connectivity index is 1.87. The van der Waals surface area contributed by atoms with Gasteiger partial charge in [0.2, 0.25) is 0 Å². The van der Waals surface area contributed by atoms with Gasteiger partial charge in [0, 0.05) is 5.69 Å². The summed E-state index contributed by atoms with van der Waals surface area (Å²) in [5.41, 5.74) is 1.84. The zero-order valence-corrected chi connectivity index (χ0v) is 13.6. The molecule has 1 aliphatic carbocycles. The lowest BCUT2D eigenvalue weighted by molar-refractivity contribution is -0.137. The second-order valence-corrected chi connectivity index (χ2v) is 7.17.